The Morgan fingerprint density at radius 3 is 2.42 bits per heavy atom. The maximum atomic E-state index is 14.1. The van der Waals surface area contributed by atoms with Crippen LogP contribution in [0, 0.1) is 5.92 Å². The Labute approximate surface area is 267 Å². The number of benzene rings is 1. The van der Waals surface area contributed by atoms with Gasteiger partial charge in [0, 0.05) is 79.1 Å². The van der Waals surface area contributed by atoms with Crippen LogP contribution in [0.3, 0.4) is 0 Å². The van der Waals surface area contributed by atoms with E-state index >= 15 is 0 Å². The number of aliphatic hydroxyl groups is 1. The second kappa shape index (κ2) is 14.3. The number of thioether (sulfide) groups is 1. The Hall–Kier alpha value is -2.15. The van der Waals surface area contributed by atoms with Crippen LogP contribution >= 0.6 is 11.8 Å². The molecule has 0 radical (unpaired) electrons. The van der Waals surface area contributed by atoms with E-state index in [-0.39, 0.29) is 16.7 Å². The number of aromatic nitrogens is 2. The summed E-state index contributed by atoms with van der Waals surface area (Å²) in [7, 11) is 0. The van der Waals surface area contributed by atoms with Crippen molar-refractivity contribution in [3.63, 3.8) is 0 Å². The van der Waals surface area contributed by atoms with E-state index < -0.39 is 24.0 Å². The van der Waals surface area contributed by atoms with Crippen molar-refractivity contribution in [2.75, 3.05) is 51.6 Å². The number of likely N-dealkylation sites (tertiary alicyclic amines) is 2. The highest BCUT2D eigenvalue weighted by Crippen LogP contribution is 2.41. The van der Waals surface area contributed by atoms with Gasteiger partial charge in [0.2, 0.25) is 5.91 Å². The third-order valence-corrected chi connectivity index (χ3v) is 11.0. The number of fused-ring (bicyclic) bond motifs is 1. The molecule has 1 amide bonds. The molecule has 2 saturated heterocycles. The summed E-state index contributed by atoms with van der Waals surface area (Å²) in [5.74, 6) is 0.667. The molecule has 0 spiro atoms. The highest BCUT2D eigenvalue weighted by atomic mass is 32.2. The molecule has 3 fully saturated rings. The summed E-state index contributed by atoms with van der Waals surface area (Å²) in [6.07, 6.45) is 1.94. The molecule has 1 aliphatic carbocycles. The number of aliphatic hydroxyl groups excluding tert-OH is 1. The van der Waals surface area contributed by atoms with Gasteiger partial charge in [-0.3, -0.25) is 9.48 Å². The van der Waals surface area contributed by atoms with Crippen LogP contribution in [0.4, 0.5) is 17.6 Å². The summed E-state index contributed by atoms with van der Waals surface area (Å²) >= 11 is 1.17. The number of alkyl halides is 4. The van der Waals surface area contributed by atoms with E-state index in [1.54, 1.807) is 6.07 Å². The Balaban J connectivity index is 1.26. The molecule has 6 rings (SSSR count). The van der Waals surface area contributed by atoms with Crippen LogP contribution in [-0.2, 0) is 30.5 Å². The van der Waals surface area contributed by atoms with E-state index in [1.165, 1.54) is 24.2 Å². The smallest absolute Gasteiger partial charge is 0.390 e. The van der Waals surface area contributed by atoms with Gasteiger partial charge in [-0.15, -0.1) is 11.8 Å². The molecule has 7 nitrogen and oxygen atoms in total. The normalized spacial score (nSPS) is 21.5. The molecule has 248 valence electrons. The molecule has 0 unspecified atom stereocenters. The Bertz CT molecular complexity index is 1320. The quantitative estimate of drug-likeness (QED) is 0.266. The molecule has 45 heavy (non-hydrogen) atoms. The molecule has 1 N–H and O–H groups in total. The number of hydrogen-bond donors (Lipinski definition) is 1. The van der Waals surface area contributed by atoms with Crippen molar-refractivity contribution in [2.45, 2.75) is 94.2 Å². The van der Waals surface area contributed by atoms with E-state index in [1.807, 2.05) is 9.58 Å². The van der Waals surface area contributed by atoms with Gasteiger partial charge in [-0.05, 0) is 63.7 Å². The molecule has 2 aromatic rings. The van der Waals surface area contributed by atoms with Crippen molar-refractivity contribution in [3.8, 4) is 11.3 Å². The number of β-amino-alcohol motifs (C(OH)–C–C–N with tert-alkyl or cyclic N) is 1. The van der Waals surface area contributed by atoms with Crippen molar-refractivity contribution in [1.29, 1.82) is 0 Å². The second-order valence-electron chi connectivity index (χ2n) is 13.2. The number of rotatable bonds is 10. The number of carbonyl (C=O) groups excluding carboxylic acids is 1. The molecule has 12 heteroatoms. The summed E-state index contributed by atoms with van der Waals surface area (Å²) in [5, 5.41) is 16.0. The van der Waals surface area contributed by atoms with Crippen LogP contribution in [0.2, 0.25) is 0 Å². The summed E-state index contributed by atoms with van der Waals surface area (Å²) in [4.78, 5) is 19.6. The average molecular weight is 652 g/mol. The van der Waals surface area contributed by atoms with Gasteiger partial charge in [0.1, 0.15) is 6.17 Å². The molecule has 1 saturated carbocycles. The standard InChI is InChI=1S/C33H45F4N5O2S/c34-25-9-14-39(15-10-25)17-18-45-30-19-24(7-8-28(30)33(35,36)37)31-27-22-41(32(44)23-5-4-6-23)16-11-29(27)42(38-31)21-26(43)20-40-12-2-1-3-13-40/h7-8,19,23,25-26,43H,1-6,9-18,20-22H2/t26-/m0/s1. The van der Waals surface area contributed by atoms with Gasteiger partial charge in [0.15, 0.2) is 0 Å². The van der Waals surface area contributed by atoms with E-state index in [9.17, 15) is 27.5 Å². The van der Waals surface area contributed by atoms with E-state index in [4.69, 9.17) is 5.10 Å². The van der Waals surface area contributed by atoms with Crippen LogP contribution in [0.1, 0.15) is 68.2 Å². The summed E-state index contributed by atoms with van der Waals surface area (Å²) < 4.78 is 57.7. The zero-order valence-corrected chi connectivity index (χ0v) is 26.7. The predicted octanol–water partition coefficient (Wildman–Crippen LogP) is 5.63. The fourth-order valence-corrected chi connectivity index (χ4v) is 8.22. The van der Waals surface area contributed by atoms with Crippen molar-refractivity contribution < 1.29 is 27.5 Å². The lowest BCUT2D eigenvalue weighted by atomic mass is 9.84. The highest BCUT2D eigenvalue weighted by molar-refractivity contribution is 7.99. The van der Waals surface area contributed by atoms with Crippen LogP contribution in [0.25, 0.3) is 11.3 Å². The van der Waals surface area contributed by atoms with Gasteiger partial charge >= 0.3 is 6.18 Å². The van der Waals surface area contributed by atoms with Crippen molar-refractivity contribution in [3.05, 3.63) is 35.0 Å². The molecular weight excluding hydrogens is 606 g/mol. The van der Waals surface area contributed by atoms with Gasteiger partial charge in [-0.2, -0.15) is 18.3 Å². The van der Waals surface area contributed by atoms with Crippen molar-refractivity contribution >= 4 is 17.7 Å². The molecule has 4 heterocycles. The number of nitrogens with zero attached hydrogens (tertiary/aromatic N) is 5. The van der Waals surface area contributed by atoms with E-state index in [2.05, 4.69) is 9.80 Å². The van der Waals surface area contributed by atoms with E-state index in [0.717, 1.165) is 62.5 Å². The largest absolute Gasteiger partial charge is 0.417 e. The van der Waals surface area contributed by atoms with Gasteiger partial charge < -0.3 is 19.8 Å². The minimum absolute atomic E-state index is 0.0566. The highest BCUT2D eigenvalue weighted by Gasteiger charge is 2.36. The summed E-state index contributed by atoms with van der Waals surface area (Å²) in [6.45, 7) is 5.58. The number of halogens is 4. The molecule has 0 bridgehead atoms. The fraction of sp³-hybridized carbons (Fsp3) is 0.697. The lowest BCUT2D eigenvalue weighted by Gasteiger charge is -2.34. The van der Waals surface area contributed by atoms with Crippen LogP contribution in [0.15, 0.2) is 23.1 Å². The fourth-order valence-electron chi connectivity index (χ4n) is 7.11. The van der Waals surface area contributed by atoms with Crippen LogP contribution < -0.4 is 0 Å². The number of piperidine rings is 2. The van der Waals surface area contributed by atoms with Crippen molar-refractivity contribution in [1.82, 2.24) is 24.5 Å². The maximum Gasteiger partial charge on any atom is 0.417 e. The number of amides is 1. The van der Waals surface area contributed by atoms with Gasteiger partial charge in [-0.25, -0.2) is 4.39 Å². The number of carbonyl (C=O) groups is 1. The first kappa shape index (κ1) is 32.8. The van der Waals surface area contributed by atoms with Gasteiger partial charge in [0.05, 0.1) is 23.9 Å². The molecule has 1 aromatic heterocycles. The Morgan fingerprint density at radius 1 is 0.978 bits per heavy atom. The van der Waals surface area contributed by atoms with Gasteiger partial charge in [0.25, 0.3) is 0 Å². The predicted molar refractivity (Wildman–Crippen MR) is 167 cm³/mol. The lowest BCUT2D eigenvalue weighted by molar-refractivity contribution is -0.140. The minimum atomic E-state index is -4.50. The first-order valence-electron chi connectivity index (χ1n) is 16.6. The third-order valence-electron chi connectivity index (χ3n) is 9.94. The molecule has 1 aromatic carbocycles. The Morgan fingerprint density at radius 2 is 1.73 bits per heavy atom. The zero-order valence-electron chi connectivity index (χ0n) is 25.9. The summed E-state index contributed by atoms with van der Waals surface area (Å²) in [5.41, 5.74) is 2.31. The van der Waals surface area contributed by atoms with Gasteiger partial charge in [-0.1, -0.05) is 18.9 Å². The lowest BCUT2D eigenvalue weighted by Crippen LogP contribution is -2.42. The molecular formula is C33H45F4N5O2S. The SMILES string of the molecule is O=C(C1CCC1)N1CCc2c(c(-c3ccc(C(F)(F)F)c(SCCN4CCC(F)CC4)c3)nn2C[C@@H](O)CN2CCCCC2)C1. The third kappa shape index (κ3) is 7.88. The van der Waals surface area contributed by atoms with E-state index in [0.29, 0.717) is 82.1 Å². The molecule has 3 aliphatic heterocycles. The molecule has 4 aliphatic rings. The maximum absolute atomic E-state index is 14.1. The zero-order chi connectivity index (χ0) is 31.6. The summed E-state index contributed by atoms with van der Waals surface area (Å²) in [6, 6.07) is 4.22. The van der Waals surface area contributed by atoms with Crippen LogP contribution in [0.5, 0.6) is 0 Å². The Kier molecular flexibility index (Phi) is 10.4. The molecule has 1 atom stereocenters. The first-order valence-corrected chi connectivity index (χ1v) is 17.6. The number of hydrogen-bond acceptors (Lipinski definition) is 6. The second-order valence-corrected chi connectivity index (χ2v) is 14.3. The van der Waals surface area contributed by atoms with Crippen molar-refractivity contribution in [2.24, 2.45) is 5.92 Å². The monoisotopic (exact) mass is 651 g/mol. The topological polar surface area (TPSA) is 64.8 Å². The van der Waals surface area contributed by atoms with Crippen LogP contribution in [-0.4, -0.2) is 99.3 Å². The average Bonchev–Trinajstić information content (AvgIpc) is 3.34. The first-order chi connectivity index (χ1) is 21.7. The minimum Gasteiger partial charge on any atom is -0.390 e.